The molecule has 0 unspecified atom stereocenters. The van der Waals surface area contributed by atoms with Crippen LogP contribution in [0.25, 0.3) is 0 Å². The summed E-state index contributed by atoms with van der Waals surface area (Å²) in [7, 11) is 1.56. The molecule has 1 aliphatic heterocycles. The van der Waals surface area contributed by atoms with E-state index in [0.29, 0.717) is 24.9 Å². The van der Waals surface area contributed by atoms with Crippen molar-refractivity contribution in [2.75, 3.05) is 32.1 Å². The molecular weight excluding hydrogens is 292 g/mol. The molecular formula is C17H22N4O2. The molecule has 0 fully saturated rings. The molecule has 0 aliphatic carbocycles. The van der Waals surface area contributed by atoms with Gasteiger partial charge in [-0.1, -0.05) is 24.3 Å². The molecule has 122 valence electrons. The number of aliphatic hydroxyl groups is 1. The highest BCUT2D eigenvalue weighted by atomic mass is 16.5. The molecule has 23 heavy (non-hydrogen) atoms. The van der Waals surface area contributed by atoms with Crippen molar-refractivity contribution in [3.63, 3.8) is 0 Å². The molecule has 3 rings (SSSR count). The van der Waals surface area contributed by atoms with Crippen molar-refractivity contribution in [2.24, 2.45) is 0 Å². The van der Waals surface area contributed by atoms with Crippen molar-refractivity contribution < 1.29 is 9.84 Å². The minimum absolute atomic E-state index is 0.408. The maximum atomic E-state index is 10.2. The van der Waals surface area contributed by atoms with Crippen molar-refractivity contribution in [2.45, 2.75) is 19.1 Å². The predicted molar refractivity (Wildman–Crippen MR) is 88.5 cm³/mol. The zero-order valence-corrected chi connectivity index (χ0v) is 13.3. The van der Waals surface area contributed by atoms with Crippen LogP contribution >= 0.6 is 0 Å². The van der Waals surface area contributed by atoms with E-state index in [4.69, 9.17) is 4.74 Å². The summed E-state index contributed by atoms with van der Waals surface area (Å²) in [5.74, 6) is 0.969. The Morgan fingerprint density at radius 1 is 1.30 bits per heavy atom. The minimum atomic E-state index is -0.477. The standard InChI is InChI=1S/C17H22N4O2/c1-23-16-6-8-18-17(20-16)19-10-15(22)12-21-9-7-13-4-2-3-5-14(13)11-21/h2-6,8,15,22H,7,9-12H2,1H3,(H,18,19,20)/t15-/m0/s1. The molecule has 1 atom stereocenters. The maximum Gasteiger partial charge on any atom is 0.226 e. The lowest BCUT2D eigenvalue weighted by atomic mass is 10.00. The van der Waals surface area contributed by atoms with E-state index in [1.54, 1.807) is 19.4 Å². The Bertz CT molecular complexity index is 650. The van der Waals surface area contributed by atoms with Gasteiger partial charge >= 0.3 is 0 Å². The fourth-order valence-electron chi connectivity index (χ4n) is 2.82. The van der Waals surface area contributed by atoms with Crippen LogP contribution < -0.4 is 10.1 Å². The van der Waals surface area contributed by atoms with Crippen molar-refractivity contribution in [1.82, 2.24) is 14.9 Å². The number of β-amino-alcohol motifs (C(OH)–C–C–N with tert-alkyl or cyclic N) is 1. The van der Waals surface area contributed by atoms with E-state index in [1.165, 1.54) is 11.1 Å². The van der Waals surface area contributed by atoms with Crippen molar-refractivity contribution >= 4 is 5.95 Å². The van der Waals surface area contributed by atoms with E-state index in [0.717, 1.165) is 19.5 Å². The van der Waals surface area contributed by atoms with Crippen LogP contribution in [0.4, 0.5) is 5.95 Å². The first-order valence-electron chi connectivity index (χ1n) is 7.82. The molecule has 0 radical (unpaired) electrons. The number of nitrogens with zero attached hydrogens (tertiary/aromatic N) is 3. The number of benzene rings is 1. The molecule has 0 saturated carbocycles. The number of ether oxygens (including phenoxy) is 1. The van der Waals surface area contributed by atoms with Crippen molar-refractivity contribution in [1.29, 1.82) is 0 Å². The zero-order valence-electron chi connectivity index (χ0n) is 13.3. The van der Waals surface area contributed by atoms with Crippen LogP contribution in [0.1, 0.15) is 11.1 Å². The van der Waals surface area contributed by atoms with Gasteiger partial charge in [0.1, 0.15) is 0 Å². The molecule has 1 aromatic carbocycles. The van der Waals surface area contributed by atoms with E-state index in [2.05, 4.69) is 44.5 Å². The van der Waals surface area contributed by atoms with Crippen molar-refractivity contribution in [3.05, 3.63) is 47.7 Å². The van der Waals surface area contributed by atoms with Crippen LogP contribution in [-0.4, -0.2) is 52.8 Å². The number of anilines is 1. The van der Waals surface area contributed by atoms with Crippen LogP contribution in [0.15, 0.2) is 36.5 Å². The van der Waals surface area contributed by atoms with Crippen LogP contribution in [0.5, 0.6) is 5.88 Å². The van der Waals surface area contributed by atoms with Crippen molar-refractivity contribution in [3.8, 4) is 5.88 Å². The number of aliphatic hydroxyl groups excluding tert-OH is 1. The molecule has 0 amide bonds. The van der Waals surface area contributed by atoms with E-state index in [-0.39, 0.29) is 0 Å². The summed E-state index contributed by atoms with van der Waals surface area (Å²) in [4.78, 5) is 10.6. The van der Waals surface area contributed by atoms with Gasteiger partial charge in [0.2, 0.25) is 11.8 Å². The Labute approximate surface area is 136 Å². The third-order valence-corrected chi connectivity index (χ3v) is 4.01. The van der Waals surface area contributed by atoms with Gasteiger partial charge in [-0.05, 0) is 17.5 Å². The number of rotatable bonds is 6. The van der Waals surface area contributed by atoms with Gasteiger partial charge in [-0.3, -0.25) is 4.90 Å². The summed E-state index contributed by atoms with van der Waals surface area (Å²) in [6, 6.07) is 10.2. The van der Waals surface area contributed by atoms with Gasteiger partial charge in [-0.2, -0.15) is 4.98 Å². The first kappa shape index (κ1) is 15.7. The van der Waals surface area contributed by atoms with E-state index in [9.17, 15) is 5.11 Å². The van der Waals surface area contributed by atoms with Gasteiger partial charge in [0.25, 0.3) is 0 Å². The molecule has 6 nitrogen and oxygen atoms in total. The van der Waals surface area contributed by atoms with Crippen LogP contribution in [0.3, 0.4) is 0 Å². The van der Waals surface area contributed by atoms with Gasteiger partial charge in [0, 0.05) is 38.4 Å². The Kier molecular flexibility index (Phi) is 5.05. The average molecular weight is 314 g/mol. The molecule has 1 aliphatic rings. The Morgan fingerprint density at radius 3 is 2.96 bits per heavy atom. The fraction of sp³-hybridized carbons (Fsp3) is 0.412. The highest BCUT2D eigenvalue weighted by Gasteiger charge is 2.18. The average Bonchev–Trinajstić information content (AvgIpc) is 2.60. The summed E-state index contributed by atoms with van der Waals surface area (Å²) in [6.07, 6.45) is 2.19. The molecule has 2 aromatic rings. The second-order valence-corrected chi connectivity index (χ2v) is 5.71. The number of nitrogens with one attached hydrogen (secondary N) is 1. The second-order valence-electron chi connectivity index (χ2n) is 5.71. The van der Waals surface area contributed by atoms with E-state index < -0.39 is 6.10 Å². The number of hydrogen-bond donors (Lipinski definition) is 2. The minimum Gasteiger partial charge on any atom is -0.481 e. The number of fused-ring (bicyclic) bond motifs is 1. The summed E-state index contributed by atoms with van der Waals surface area (Å²) < 4.78 is 5.05. The molecule has 2 N–H and O–H groups in total. The topological polar surface area (TPSA) is 70.5 Å². The second kappa shape index (κ2) is 7.39. The molecule has 0 spiro atoms. The van der Waals surface area contributed by atoms with Gasteiger partial charge in [-0.25, -0.2) is 4.98 Å². The molecule has 0 bridgehead atoms. The summed E-state index contributed by atoms with van der Waals surface area (Å²) >= 11 is 0. The third kappa shape index (κ3) is 4.18. The van der Waals surface area contributed by atoms with Gasteiger partial charge < -0.3 is 15.2 Å². The first-order chi connectivity index (χ1) is 11.2. The lowest BCUT2D eigenvalue weighted by Crippen LogP contribution is -2.39. The lowest BCUT2D eigenvalue weighted by Gasteiger charge is -2.30. The summed E-state index contributed by atoms with van der Waals surface area (Å²) in [5.41, 5.74) is 2.77. The van der Waals surface area contributed by atoms with Crippen LogP contribution in [-0.2, 0) is 13.0 Å². The molecule has 6 heteroatoms. The first-order valence-corrected chi connectivity index (χ1v) is 7.82. The van der Waals surface area contributed by atoms with Gasteiger partial charge in [0.15, 0.2) is 0 Å². The quantitative estimate of drug-likeness (QED) is 0.838. The maximum absolute atomic E-state index is 10.2. The number of aromatic nitrogens is 2. The predicted octanol–water partition coefficient (Wildman–Crippen LogP) is 1.32. The highest BCUT2D eigenvalue weighted by molar-refractivity contribution is 5.29. The largest absolute Gasteiger partial charge is 0.481 e. The van der Waals surface area contributed by atoms with Crippen LogP contribution in [0.2, 0.25) is 0 Å². The Balaban J connectivity index is 1.49. The molecule has 1 aromatic heterocycles. The van der Waals surface area contributed by atoms with Crippen LogP contribution in [0, 0.1) is 0 Å². The summed E-state index contributed by atoms with van der Waals surface area (Å²) in [5, 5.41) is 13.3. The molecule has 0 saturated heterocycles. The highest BCUT2D eigenvalue weighted by Crippen LogP contribution is 2.18. The fourth-order valence-corrected chi connectivity index (χ4v) is 2.82. The zero-order chi connectivity index (χ0) is 16.1. The summed E-state index contributed by atoms with van der Waals surface area (Å²) in [6.45, 7) is 2.91. The molecule has 2 heterocycles. The van der Waals surface area contributed by atoms with Gasteiger partial charge in [-0.15, -0.1) is 0 Å². The Morgan fingerprint density at radius 2 is 2.13 bits per heavy atom. The smallest absolute Gasteiger partial charge is 0.226 e. The number of hydrogen-bond acceptors (Lipinski definition) is 6. The number of methoxy groups -OCH3 is 1. The SMILES string of the molecule is COc1ccnc(NC[C@H](O)CN2CCc3ccccc3C2)n1. The third-order valence-electron chi connectivity index (χ3n) is 4.01. The van der Waals surface area contributed by atoms with Gasteiger partial charge in [0.05, 0.1) is 13.2 Å². The lowest BCUT2D eigenvalue weighted by molar-refractivity contribution is 0.114. The van der Waals surface area contributed by atoms with E-state index in [1.807, 2.05) is 0 Å². The Hall–Kier alpha value is -2.18. The monoisotopic (exact) mass is 314 g/mol. The van der Waals surface area contributed by atoms with E-state index >= 15 is 0 Å². The normalized spacial score (nSPS) is 15.7.